The fourth-order valence-electron chi connectivity index (χ4n) is 2.21. The lowest BCUT2D eigenvalue weighted by Crippen LogP contribution is -2.34. The fraction of sp³-hybridized carbons (Fsp3) is 0.333. The second-order valence-electron chi connectivity index (χ2n) is 4.05. The van der Waals surface area contributed by atoms with E-state index in [-0.39, 0.29) is 6.04 Å². The Morgan fingerprint density at radius 3 is 2.88 bits per heavy atom. The van der Waals surface area contributed by atoms with Crippen LogP contribution in [0.1, 0.15) is 23.3 Å². The maximum absolute atomic E-state index is 4.26. The van der Waals surface area contributed by atoms with Gasteiger partial charge in [0.1, 0.15) is 5.82 Å². The van der Waals surface area contributed by atoms with Gasteiger partial charge >= 0.3 is 0 Å². The molecule has 4 nitrogen and oxygen atoms in total. The SMILES string of the molecule is Cc1nnc2n1CCN[C@@H]2c1ccccc1. The summed E-state index contributed by atoms with van der Waals surface area (Å²) < 4.78 is 2.19. The summed E-state index contributed by atoms with van der Waals surface area (Å²) in [5, 5.41) is 11.9. The van der Waals surface area contributed by atoms with Gasteiger partial charge in [-0.3, -0.25) is 0 Å². The lowest BCUT2D eigenvalue weighted by atomic mass is 10.1. The van der Waals surface area contributed by atoms with Crippen LogP contribution in [-0.2, 0) is 6.54 Å². The maximum atomic E-state index is 4.26. The van der Waals surface area contributed by atoms with Crippen LogP contribution in [0.3, 0.4) is 0 Å². The Morgan fingerprint density at radius 1 is 1.25 bits per heavy atom. The predicted molar refractivity (Wildman–Crippen MR) is 61.0 cm³/mol. The average molecular weight is 214 g/mol. The summed E-state index contributed by atoms with van der Waals surface area (Å²) in [6, 6.07) is 10.6. The fourth-order valence-corrected chi connectivity index (χ4v) is 2.21. The van der Waals surface area contributed by atoms with Gasteiger partial charge in [0.15, 0.2) is 5.82 Å². The molecule has 2 aromatic rings. The highest BCUT2D eigenvalue weighted by Gasteiger charge is 2.24. The molecule has 1 aliphatic heterocycles. The van der Waals surface area contributed by atoms with Crippen LogP contribution >= 0.6 is 0 Å². The van der Waals surface area contributed by atoms with Gasteiger partial charge in [0, 0.05) is 13.1 Å². The minimum absolute atomic E-state index is 0.177. The number of rotatable bonds is 1. The molecule has 3 rings (SSSR count). The van der Waals surface area contributed by atoms with Gasteiger partial charge in [-0.05, 0) is 12.5 Å². The van der Waals surface area contributed by atoms with E-state index in [0.29, 0.717) is 0 Å². The van der Waals surface area contributed by atoms with Crippen molar-refractivity contribution in [2.45, 2.75) is 19.5 Å². The number of aryl methyl sites for hydroxylation is 1. The topological polar surface area (TPSA) is 42.7 Å². The molecule has 82 valence electrons. The maximum Gasteiger partial charge on any atom is 0.154 e. The zero-order valence-corrected chi connectivity index (χ0v) is 9.22. The van der Waals surface area contributed by atoms with Crippen molar-refractivity contribution >= 4 is 0 Å². The van der Waals surface area contributed by atoms with Crippen molar-refractivity contribution in [1.29, 1.82) is 0 Å². The van der Waals surface area contributed by atoms with E-state index in [9.17, 15) is 0 Å². The molecule has 4 heteroatoms. The standard InChI is InChI=1S/C12H14N4/c1-9-14-15-12-11(13-7-8-16(9)12)10-5-3-2-4-6-10/h2-6,11,13H,7-8H2,1H3/t11-/m1/s1. The average Bonchev–Trinajstić information content (AvgIpc) is 2.73. The highest BCUT2D eigenvalue weighted by molar-refractivity contribution is 5.26. The summed E-state index contributed by atoms with van der Waals surface area (Å²) in [4.78, 5) is 0. The molecule has 1 atom stereocenters. The zero-order chi connectivity index (χ0) is 11.0. The van der Waals surface area contributed by atoms with E-state index in [4.69, 9.17) is 0 Å². The van der Waals surface area contributed by atoms with Crippen molar-refractivity contribution in [3.8, 4) is 0 Å². The van der Waals surface area contributed by atoms with Crippen LogP contribution in [0, 0.1) is 6.92 Å². The van der Waals surface area contributed by atoms with Crippen molar-refractivity contribution < 1.29 is 0 Å². The number of hydrogen-bond acceptors (Lipinski definition) is 3. The first-order valence-electron chi connectivity index (χ1n) is 5.54. The van der Waals surface area contributed by atoms with E-state index in [1.807, 2.05) is 13.0 Å². The molecule has 1 aliphatic rings. The lowest BCUT2D eigenvalue weighted by molar-refractivity contribution is 0.451. The highest BCUT2D eigenvalue weighted by Crippen LogP contribution is 2.23. The van der Waals surface area contributed by atoms with Crippen LogP contribution in [0.15, 0.2) is 30.3 Å². The normalized spacial score (nSPS) is 19.4. The van der Waals surface area contributed by atoms with Crippen molar-refractivity contribution in [1.82, 2.24) is 20.1 Å². The molecular weight excluding hydrogens is 200 g/mol. The molecule has 2 heterocycles. The molecule has 0 fully saturated rings. The number of aromatic nitrogens is 3. The monoisotopic (exact) mass is 214 g/mol. The van der Waals surface area contributed by atoms with Crippen LogP contribution in [-0.4, -0.2) is 21.3 Å². The van der Waals surface area contributed by atoms with Crippen molar-refractivity contribution in [2.24, 2.45) is 0 Å². The first kappa shape index (κ1) is 9.54. The van der Waals surface area contributed by atoms with Crippen LogP contribution in [0.25, 0.3) is 0 Å². The number of hydrogen-bond donors (Lipinski definition) is 1. The molecule has 0 aliphatic carbocycles. The third-order valence-electron chi connectivity index (χ3n) is 3.04. The zero-order valence-electron chi connectivity index (χ0n) is 9.22. The van der Waals surface area contributed by atoms with E-state index >= 15 is 0 Å². The summed E-state index contributed by atoms with van der Waals surface area (Å²) in [5.74, 6) is 2.02. The van der Waals surface area contributed by atoms with Crippen molar-refractivity contribution in [2.75, 3.05) is 6.54 Å². The first-order chi connectivity index (χ1) is 7.86. The van der Waals surface area contributed by atoms with E-state index in [0.717, 1.165) is 24.7 Å². The smallest absolute Gasteiger partial charge is 0.154 e. The Balaban J connectivity index is 2.05. The minimum atomic E-state index is 0.177. The minimum Gasteiger partial charge on any atom is -0.312 e. The van der Waals surface area contributed by atoms with Gasteiger partial charge in [-0.2, -0.15) is 0 Å². The Kier molecular flexibility index (Phi) is 2.22. The Labute approximate surface area is 94.3 Å². The van der Waals surface area contributed by atoms with Crippen molar-refractivity contribution in [3.63, 3.8) is 0 Å². The van der Waals surface area contributed by atoms with E-state index < -0.39 is 0 Å². The summed E-state index contributed by atoms with van der Waals surface area (Å²) in [5.41, 5.74) is 1.25. The Morgan fingerprint density at radius 2 is 2.06 bits per heavy atom. The lowest BCUT2D eigenvalue weighted by Gasteiger charge is -2.25. The van der Waals surface area contributed by atoms with Gasteiger partial charge in [-0.25, -0.2) is 0 Å². The van der Waals surface area contributed by atoms with Crippen LogP contribution in [0.5, 0.6) is 0 Å². The summed E-state index contributed by atoms with van der Waals surface area (Å²) in [6.07, 6.45) is 0. The molecular formula is C12H14N4. The summed E-state index contributed by atoms with van der Waals surface area (Å²) in [6.45, 7) is 3.92. The van der Waals surface area contributed by atoms with Gasteiger partial charge in [0.05, 0.1) is 6.04 Å². The van der Waals surface area contributed by atoms with Crippen LogP contribution in [0.4, 0.5) is 0 Å². The largest absolute Gasteiger partial charge is 0.312 e. The second kappa shape index (κ2) is 3.72. The summed E-state index contributed by atoms with van der Waals surface area (Å²) >= 11 is 0. The predicted octanol–water partition coefficient (Wildman–Crippen LogP) is 1.28. The highest BCUT2D eigenvalue weighted by atomic mass is 15.3. The Bertz CT molecular complexity index is 489. The quantitative estimate of drug-likeness (QED) is 0.777. The number of nitrogens with zero attached hydrogens (tertiary/aromatic N) is 3. The molecule has 0 spiro atoms. The van der Waals surface area contributed by atoms with Crippen molar-refractivity contribution in [3.05, 3.63) is 47.5 Å². The van der Waals surface area contributed by atoms with E-state index in [2.05, 4.69) is 44.3 Å². The van der Waals surface area contributed by atoms with Gasteiger partial charge in [0.2, 0.25) is 0 Å². The first-order valence-corrected chi connectivity index (χ1v) is 5.54. The molecule has 0 unspecified atom stereocenters. The molecule has 0 bridgehead atoms. The summed E-state index contributed by atoms with van der Waals surface area (Å²) in [7, 11) is 0. The number of nitrogens with one attached hydrogen (secondary N) is 1. The molecule has 1 aromatic carbocycles. The third kappa shape index (κ3) is 1.42. The van der Waals surface area contributed by atoms with Gasteiger partial charge in [0.25, 0.3) is 0 Å². The number of benzene rings is 1. The van der Waals surface area contributed by atoms with Crippen LogP contribution in [0.2, 0.25) is 0 Å². The molecule has 0 amide bonds. The Hall–Kier alpha value is -1.68. The van der Waals surface area contributed by atoms with E-state index in [1.165, 1.54) is 5.56 Å². The molecule has 1 N–H and O–H groups in total. The van der Waals surface area contributed by atoms with E-state index in [1.54, 1.807) is 0 Å². The molecule has 16 heavy (non-hydrogen) atoms. The molecule has 0 radical (unpaired) electrons. The molecule has 0 saturated carbocycles. The molecule has 0 saturated heterocycles. The van der Waals surface area contributed by atoms with Gasteiger partial charge in [-0.15, -0.1) is 10.2 Å². The molecule has 1 aromatic heterocycles. The van der Waals surface area contributed by atoms with Crippen LogP contribution < -0.4 is 5.32 Å². The second-order valence-corrected chi connectivity index (χ2v) is 4.05. The number of fused-ring (bicyclic) bond motifs is 1. The third-order valence-corrected chi connectivity index (χ3v) is 3.04. The van der Waals surface area contributed by atoms with Gasteiger partial charge in [-0.1, -0.05) is 30.3 Å². The van der Waals surface area contributed by atoms with Gasteiger partial charge < -0.3 is 9.88 Å².